The second kappa shape index (κ2) is 6.72. The first-order valence-electron chi connectivity index (χ1n) is 10.6. The van der Waals surface area contributed by atoms with Crippen LogP contribution in [0, 0.1) is 34.0 Å². The van der Waals surface area contributed by atoms with Crippen LogP contribution in [0.2, 0.25) is 0 Å². The normalized spacial score (nSPS) is 49.7. The summed E-state index contributed by atoms with van der Waals surface area (Å²) in [6.45, 7) is 14.3. The molecule has 0 aromatic heterocycles. The summed E-state index contributed by atoms with van der Waals surface area (Å²) in [5, 5.41) is 11.4. The highest BCUT2D eigenvalue weighted by Crippen LogP contribution is 2.67. The average molecular weight is 377 g/mol. The number of carbonyl (C=O) groups excluding carboxylic acids is 2. The van der Waals surface area contributed by atoms with Gasteiger partial charge in [0.15, 0.2) is 0 Å². The Balaban J connectivity index is 2.21. The first kappa shape index (κ1) is 20.6. The molecule has 3 aliphatic carbocycles. The molecular weight excluding hydrogens is 340 g/mol. The lowest BCUT2D eigenvalue weighted by Gasteiger charge is -2.61. The fourth-order valence-electron chi connectivity index (χ4n) is 6.74. The second-order valence-corrected chi connectivity index (χ2v) is 9.92. The summed E-state index contributed by atoms with van der Waals surface area (Å²) < 4.78 is 6.02. The fraction of sp³-hybridized carbons (Fsp3) is 0.826. The first-order valence-corrected chi connectivity index (χ1v) is 10.6. The molecule has 27 heavy (non-hydrogen) atoms. The molecule has 0 aromatic rings. The molecule has 0 spiro atoms. The van der Waals surface area contributed by atoms with Gasteiger partial charge in [0.1, 0.15) is 11.9 Å². The number of hydrogen-bond donors (Lipinski definition) is 1. The zero-order valence-electron chi connectivity index (χ0n) is 17.6. The Kier molecular flexibility index (Phi) is 5.12. The van der Waals surface area contributed by atoms with Crippen molar-refractivity contribution in [1.82, 2.24) is 0 Å². The molecule has 0 amide bonds. The van der Waals surface area contributed by atoms with Crippen LogP contribution in [0.1, 0.15) is 73.1 Å². The lowest BCUT2D eigenvalue weighted by molar-refractivity contribution is -0.206. The van der Waals surface area contributed by atoms with Gasteiger partial charge in [0.25, 0.3) is 0 Å². The van der Waals surface area contributed by atoms with Gasteiger partial charge in [0.05, 0.1) is 6.10 Å². The summed E-state index contributed by atoms with van der Waals surface area (Å²) in [7, 11) is 0. The molecule has 3 saturated carbocycles. The van der Waals surface area contributed by atoms with E-state index >= 15 is 0 Å². The molecule has 0 radical (unpaired) electrons. The molecule has 2 bridgehead atoms. The van der Waals surface area contributed by atoms with Crippen molar-refractivity contribution in [1.29, 1.82) is 0 Å². The van der Waals surface area contributed by atoms with Crippen molar-refractivity contribution in [3.05, 3.63) is 12.7 Å². The smallest absolute Gasteiger partial charge is 0.305 e. The number of aliphatic hydroxyl groups excluding tert-OH is 1. The van der Waals surface area contributed by atoms with Gasteiger partial charge in [-0.25, -0.2) is 0 Å². The molecule has 152 valence electrons. The third kappa shape index (κ3) is 2.73. The van der Waals surface area contributed by atoms with Gasteiger partial charge in [0, 0.05) is 29.6 Å². The maximum Gasteiger partial charge on any atom is 0.305 e. The van der Waals surface area contributed by atoms with Crippen molar-refractivity contribution >= 4 is 11.8 Å². The molecule has 3 fully saturated rings. The molecule has 8 atom stereocenters. The standard InChI is InChI=1S/C23H36O4/c1-7-18(25)27-17-13-21(5,8-2)20(26)15(4)23-11-9-14(3)22(17,6)19(23)16(24)10-12-23/h8,14-15,17,19-20,26H,2,7,9-13H2,1,3-6H3/t14?,15-,17+,19?,20?,21+,22-,23?/m0/s1. The van der Waals surface area contributed by atoms with Gasteiger partial charge in [-0.05, 0) is 42.9 Å². The van der Waals surface area contributed by atoms with Crippen molar-refractivity contribution in [2.45, 2.75) is 85.4 Å². The number of rotatable bonds is 3. The van der Waals surface area contributed by atoms with E-state index in [2.05, 4.69) is 27.4 Å². The van der Waals surface area contributed by atoms with Crippen LogP contribution >= 0.6 is 0 Å². The summed E-state index contributed by atoms with van der Waals surface area (Å²) in [6, 6.07) is 0. The largest absolute Gasteiger partial charge is 0.462 e. The van der Waals surface area contributed by atoms with Crippen LogP contribution in [-0.4, -0.2) is 29.1 Å². The number of ketones is 1. The summed E-state index contributed by atoms with van der Waals surface area (Å²) >= 11 is 0. The minimum atomic E-state index is -0.607. The van der Waals surface area contributed by atoms with Crippen LogP contribution in [0.3, 0.4) is 0 Å². The van der Waals surface area contributed by atoms with Gasteiger partial charge in [-0.15, -0.1) is 6.58 Å². The van der Waals surface area contributed by atoms with Crippen molar-refractivity contribution in [2.24, 2.45) is 34.0 Å². The van der Waals surface area contributed by atoms with Gasteiger partial charge < -0.3 is 9.84 Å². The quantitative estimate of drug-likeness (QED) is 0.589. The maximum atomic E-state index is 13.2. The number of hydrogen-bond acceptors (Lipinski definition) is 4. The molecule has 1 N–H and O–H groups in total. The third-order valence-corrected chi connectivity index (χ3v) is 8.86. The molecule has 0 saturated heterocycles. The van der Waals surface area contributed by atoms with Gasteiger partial charge in [-0.1, -0.05) is 40.7 Å². The number of Topliss-reactive ketones (excluding diaryl/α,β-unsaturated/α-hetero) is 1. The topological polar surface area (TPSA) is 63.6 Å². The van der Waals surface area contributed by atoms with Gasteiger partial charge in [-0.2, -0.15) is 0 Å². The predicted octanol–water partition coefficient (Wildman–Crippen LogP) is 4.30. The maximum absolute atomic E-state index is 13.2. The van der Waals surface area contributed by atoms with E-state index in [1.165, 1.54) is 0 Å². The van der Waals surface area contributed by atoms with E-state index < -0.39 is 23.0 Å². The van der Waals surface area contributed by atoms with E-state index in [1.54, 1.807) is 6.92 Å². The van der Waals surface area contributed by atoms with E-state index in [4.69, 9.17) is 4.74 Å². The molecule has 0 aromatic carbocycles. The number of aliphatic hydroxyl groups is 1. The molecule has 0 heterocycles. The number of ether oxygens (including phenoxy) is 1. The highest BCUT2D eigenvalue weighted by Gasteiger charge is 2.68. The van der Waals surface area contributed by atoms with Crippen LogP contribution in [-0.2, 0) is 14.3 Å². The van der Waals surface area contributed by atoms with Crippen LogP contribution in [0.15, 0.2) is 12.7 Å². The third-order valence-electron chi connectivity index (χ3n) is 8.86. The van der Waals surface area contributed by atoms with E-state index in [0.29, 0.717) is 25.0 Å². The van der Waals surface area contributed by atoms with Gasteiger partial charge >= 0.3 is 5.97 Å². The summed E-state index contributed by atoms with van der Waals surface area (Å²) in [5.74, 6) is 0.199. The Bertz CT molecular complexity index is 642. The SMILES string of the molecule is C=C[C@]1(C)C[C@@H](OC(=O)CC)[C@]2(C)C(C)CCC3(CCC(=O)C32)[C@@H](C)C1O. The first-order chi connectivity index (χ1) is 12.6. The lowest BCUT2D eigenvalue weighted by atomic mass is 9.44. The Hall–Kier alpha value is -1.16. The summed E-state index contributed by atoms with van der Waals surface area (Å²) in [4.78, 5) is 25.5. The Morgan fingerprint density at radius 1 is 1.33 bits per heavy atom. The molecule has 4 unspecified atom stereocenters. The predicted molar refractivity (Wildman–Crippen MR) is 105 cm³/mol. The highest BCUT2D eigenvalue weighted by molar-refractivity contribution is 5.85. The van der Waals surface area contributed by atoms with Gasteiger partial charge in [0.2, 0.25) is 0 Å². The van der Waals surface area contributed by atoms with Crippen molar-refractivity contribution < 1.29 is 19.4 Å². The molecule has 0 aliphatic heterocycles. The van der Waals surface area contributed by atoms with Crippen molar-refractivity contribution in [2.75, 3.05) is 0 Å². The van der Waals surface area contributed by atoms with E-state index in [1.807, 2.05) is 13.0 Å². The van der Waals surface area contributed by atoms with Crippen molar-refractivity contribution in [3.8, 4) is 0 Å². The molecule has 3 aliphatic rings. The number of carbonyl (C=O) groups is 2. The summed E-state index contributed by atoms with van der Waals surface area (Å²) in [6.07, 6.45) is 5.02. The lowest BCUT2D eigenvalue weighted by Crippen LogP contribution is -2.63. The molecule has 3 rings (SSSR count). The Morgan fingerprint density at radius 2 is 2.00 bits per heavy atom. The average Bonchev–Trinajstić information content (AvgIpc) is 3.00. The van der Waals surface area contributed by atoms with E-state index in [-0.39, 0.29) is 29.1 Å². The zero-order valence-corrected chi connectivity index (χ0v) is 17.6. The van der Waals surface area contributed by atoms with Crippen LogP contribution in [0.4, 0.5) is 0 Å². The number of esters is 1. The van der Waals surface area contributed by atoms with E-state index in [9.17, 15) is 14.7 Å². The minimum Gasteiger partial charge on any atom is -0.462 e. The zero-order chi connectivity index (χ0) is 20.2. The van der Waals surface area contributed by atoms with E-state index in [0.717, 1.165) is 19.3 Å². The van der Waals surface area contributed by atoms with Crippen LogP contribution < -0.4 is 0 Å². The molecular formula is C23H36O4. The highest BCUT2D eigenvalue weighted by atomic mass is 16.5. The molecule has 4 nitrogen and oxygen atoms in total. The second-order valence-electron chi connectivity index (χ2n) is 9.92. The van der Waals surface area contributed by atoms with Crippen LogP contribution in [0.25, 0.3) is 0 Å². The Labute approximate surface area is 163 Å². The molecule has 4 heteroatoms. The van der Waals surface area contributed by atoms with Crippen molar-refractivity contribution in [3.63, 3.8) is 0 Å². The monoisotopic (exact) mass is 376 g/mol. The summed E-state index contributed by atoms with van der Waals surface area (Å²) in [5.41, 5.74) is -1.17. The minimum absolute atomic E-state index is 0.00611. The van der Waals surface area contributed by atoms with Crippen LogP contribution in [0.5, 0.6) is 0 Å². The van der Waals surface area contributed by atoms with Gasteiger partial charge in [-0.3, -0.25) is 9.59 Å². The fourth-order valence-corrected chi connectivity index (χ4v) is 6.74. The Morgan fingerprint density at radius 3 is 2.59 bits per heavy atom.